The molecule has 0 saturated carbocycles. The summed E-state index contributed by atoms with van der Waals surface area (Å²) in [6, 6.07) is 3.15. The summed E-state index contributed by atoms with van der Waals surface area (Å²) in [5.41, 5.74) is 8.33. The van der Waals surface area contributed by atoms with E-state index in [0.717, 1.165) is 16.2 Å². The predicted octanol–water partition coefficient (Wildman–Crippen LogP) is 2.01. The number of phenols is 2. The molecule has 18 nitrogen and oxygen atoms in total. The summed E-state index contributed by atoms with van der Waals surface area (Å²) in [5, 5.41) is 45.9. The zero-order chi connectivity index (χ0) is 35.4. The van der Waals surface area contributed by atoms with Crippen molar-refractivity contribution in [3.8, 4) is 22.6 Å². The lowest BCUT2D eigenvalue weighted by molar-refractivity contribution is -0.148. The van der Waals surface area contributed by atoms with Crippen LogP contribution in [0.25, 0.3) is 11.1 Å². The van der Waals surface area contributed by atoms with Crippen molar-refractivity contribution in [3.05, 3.63) is 52.8 Å². The minimum Gasteiger partial charge on any atom is -0.504 e. The quantitative estimate of drug-likeness (QED) is 0.0205. The van der Waals surface area contributed by atoms with Gasteiger partial charge in [-0.2, -0.15) is 0 Å². The van der Waals surface area contributed by atoms with Gasteiger partial charge in [0.1, 0.15) is 28.0 Å². The van der Waals surface area contributed by atoms with Crippen LogP contribution in [0, 0.1) is 6.92 Å². The highest BCUT2D eigenvalue weighted by atomic mass is 32.2. The first-order valence-corrected chi connectivity index (χ1v) is 17.1. The molecule has 0 radical (unpaired) electrons. The zero-order valence-electron chi connectivity index (χ0n) is 25.5. The third kappa shape index (κ3) is 7.63. The molecule has 258 valence electrons. The van der Waals surface area contributed by atoms with E-state index in [2.05, 4.69) is 25.4 Å². The summed E-state index contributed by atoms with van der Waals surface area (Å²) in [5.74, 6) is -2.45. The number of rotatable bonds is 12. The number of amides is 3. The maximum absolute atomic E-state index is 13.4. The van der Waals surface area contributed by atoms with Crippen molar-refractivity contribution in [1.29, 1.82) is 0 Å². The fourth-order valence-electron chi connectivity index (χ4n) is 4.62. The fourth-order valence-corrected chi connectivity index (χ4v) is 7.68. The fraction of sp³-hybridized carbons (Fsp3) is 0.286. The van der Waals surface area contributed by atoms with Crippen LogP contribution in [0.3, 0.4) is 0 Å². The van der Waals surface area contributed by atoms with Crippen molar-refractivity contribution < 1.29 is 49.3 Å². The molecule has 2 aliphatic rings. The number of carboxylic acid groups (broad SMARTS) is 1. The highest BCUT2D eigenvalue weighted by molar-refractivity contribution is 8.01. The number of hydrogen-bond acceptors (Lipinski definition) is 17. The number of thioether (sulfide) groups is 2. The topological polar surface area (TPSA) is 272 Å². The molecule has 2 aliphatic heterocycles. The van der Waals surface area contributed by atoms with E-state index < -0.39 is 47.1 Å². The predicted molar refractivity (Wildman–Crippen MR) is 176 cm³/mol. The van der Waals surface area contributed by atoms with E-state index in [1.807, 2.05) is 0 Å². The minimum absolute atomic E-state index is 0.00939. The Morgan fingerprint density at radius 3 is 2.67 bits per heavy atom. The van der Waals surface area contributed by atoms with Crippen molar-refractivity contribution in [2.24, 2.45) is 5.16 Å². The van der Waals surface area contributed by atoms with Crippen LogP contribution in [0.15, 0.2) is 51.4 Å². The molecule has 3 atom stereocenters. The number of hydroxylamine groups is 1. The number of benzene rings is 1. The summed E-state index contributed by atoms with van der Waals surface area (Å²) in [6.45, 7) is 3.28. The van der Waals surface area contributed by atoms with Crippen LogP contribution in [0.2, 0.25) is 0 Å². The zero-order valence-corrected chi connectivity index (χ0v) is 28.0. The number of β-lactam (4-membered cyclic amide) rings is 1. The Hall–Kier alpha value is -5.12. The number of aromatic hydroxyl groups is 2. The maximum Gasteiger partial charge on any atom is 0.512 e. The third-order valence-electron chi connectivity index (χ3n) is 7.03. The summed E-state index contributed by atoms with van der Waals surface area (Å²) in [7, 11) is 0. The Morgan fingerprint density at radius 2 is 2.02 bits per heavy atom. The largest absolute Gasteiger partial charge is 0.512 e. The lowest BCUT2D eigenvalue weighted by Crippen LogP contribution is -2.70. The van der Waals surface area contributed by atoms with Gasteiger partial charge >= 0.3 is 6.16 Å². The van der Waals surface area contributed by atoms with Crippen LogP contribution < -0.4 is 16.5 Å². The van der Waals surface area contributed by atoms with Gasteiger partial charge in [0, 0.05) is 34.2 Å². The average Bonchev–Trinajstić information content (AvgIpc) is 3.50. The number of carbonyl (C=O) groups is 4. The molecular weight excluding hydrogens is 705 g/mol. The number of phenolic OH excluding ortho intramolecular Hbond substituents is 2. The summed E-state index contributed by atoms with van der Waals surface area (Å²) >= 11 is 3.49. The van der Waals surface area contributed by atoms with Gasteiger partial charge in [-0.15, -0.1) is 34.9 Å². The van der Waals surface area contributed by atoms with Crippen LogP contribution >= 0.6 is 34.9 Å². The van der Waals surface area contributed by atoms with Gasteiger partial charge in [-0.3, -0.25) is 24.5 Å². The standard InChI is InChI=1S/C28H28N8O10S3/c1-3-18(21(39)34-44)46-35-19(15-10-49-27(29)32-15)22(40)33-20-24(41)36-25(45-28(42)43)13(9-48-26(20)36)8-47-23-14(7-30-11(2)31-23)12-4-5-16(37)17(38)6-12/h4-7,10,18,20,26,37-38,44H,3,8-9H2,1-2H3,(H2,29,32)(H,33,40)(H,34,39)(H,42,43)/b35-19-/t18?,20-,26-/m1/s1. The molecule has 3 aromatic rings. The van der Waals surface area contributed by atoms with E-state index in [9.17, 15) is 34.5 Å². The van der Waals surface area contributed by atoms with Gasteiger partial charge in [-0.1, -0.05) is 18.1 Å². The summed E-state index contributed by atoms with van der Waals surface area (Å²) < 4.78 is 5.09. The van der Waals surface area contributed by atoms with E-state index in [-0.39, 0.29) is 46.1 Å². The van der Waals surface area contributed by atoms with Gasteiger partial charge in [-0.25, -0.2) is 25.2 Å². The van der Waals surface area contributed by atoms with Crippen molar-refractivity contribution in [3.63, 3.8) is 0 Å². The second-order valence-electron chi connectivity index (χ2n) is 10.3. The number of nitrogens with zero attached hydrogens (tertiary/aromatic N) is 5. The molecule has 3 amide bonds. The van der Waals surface area contributed by atoms with Crippen LogP contribution in [0.1, 0.15) is 24.9 Å². The number of nitrogens with two attached hydrogens (primary N) is 1. The van der Waals surface area contributed by atoms with Crippen LogP contribution in [-0.4, -0.2) is 99.0 Å². The Bertz CT molecular complexity index is 1870. The second kappa shape index (κ2) is 15.0. The molecule has 5 rings (SSSR count). The number of nitrogens with one attached hydrogen (secondary N) is 2. The number of anilines is 1. The molecule has 4 heterocycles. The second-order valence-corrected chi connectivity index (χ2v) is 13.2. The number of aromatic nitrogens is 3. The van der Waals surface area contributed by atoms with E-state index in [4.69, 9.17) is 20.5 Å². The third-order valence-corrected chi connectivity index (χ3v) is 10.1. The molecule has 1 saturated heterocycles. The first-order chi connectivity index (χ1) is 23.4. The molecule has 8 N–H and O–H groups in total. The Balaban J connectivity index is 1.36. The average molecular weight is 733 g/mol. The first kappa shape index (κ1) is 35.2. The highest BCUT2D eigenvalue weighted by Crippen LogP contribution is 2.43. The minimum atomic E-state index is -1.65. The Labute approximate surface area is 289 Å². The molecule has 1 fully saturated rings. The van der Waals surface area contributed by atoms with Gasteiger partial charge in [0.25, 0.3) is 17.7 Å². The van der Waals surface area contributed by atoms with Gasteiger partial charge in [0.05, 0.1) is 0 Å². The molecular formula is C28H28N8O10S3. The number of hydrogen-bond donors (Lipinski definition) is 7. The van der Waals surface area contributed by atoms with Gasteiger partial charge in [-0.05, 0) is 31.0 Å². The smallest absolute Gasteiger partial charge is 0.504 e. The van der Waals surface area contributed by atoms with Crippen LogP contribution in [0.4, 0.5) is 9.93 Å². The van der Waals surface area contributed by atoms with Crippen molar-refractivity contribution in [2.75, 3.05) is 17.2 Å². The Kier molecular flexibility index (Phi) is 10.8. The molecule has 49 heavy (non-hydrogen) atoms. The molecule has 1 aromatic carbocycles. The Morgan fingerprint density at radius 1 is 1.24 bits per heavy atom. The van der Waals surface area contributed by atoms with Gasteiger partial charge < -0.3 is 35.9 Å². The van der Waals surface area contributed by atoms with Gasteiger partial charge in [0.2, 0.25) is 12.0 Å². The lowest BCUT2D eigenvalue weighted by atomic mass is 10.1. The number of carbonyl (C=O) groups excluding carboxylic acids is 3. The SMILES string of the molecule is CCC(O/N=C(\C(=O)N[C@@H]1C(=O)N2C(OC(=O)O)=C(CSc3nc(C)ncc3-c3ccc(O)c(O)c3)CS[C@H]12)c1csc(N)n1)C(=O)NO. The number of thiazole rings is 1. The summed E-state index contributed by atoms with van der Waals surface area (Å²) in [4.78, 5) is 69.5. The van der Waals surface area contributed by atoms with Crippen LogP contribution in [-0.2, 0) is 24.0 Å². The molecule has 0 aliphatic carbocycles. The number of aryl methyl sites for hydroxylation is 1. The number of ether oxygens (including phenoxy) is 1. The molecule has 0 bridgehead atoms. The maximum atomic E-state index is 13.4. The molecule has 0 spiro atoms. The van der Waals surface area contributed by atoms with Gasteiger partial charge in [0.15, 0.2) is 22.3 Å². The number of fused-ring (bicyclic) bond motifs is 1. The first-order valence-electron chi connectivity index (χ1n) is 14.2. The van der Waals surface area contributed by atoms with E-state index >= 15 is 0 Å². The summed E-state index contributed by atoms with van der Waals surface area (Å²) in [6.07, 6.45) is -1.24. The normalized spacial score (nSPS) is 17.9. The van der Waals surface area contributed by atoms with Crippen molar-refractivity contribution in [1.82, 2.24) is 30.6 Å². The van der Waals surface area contributed by atoms with Crippen molar-refractivity contribution in [2.45, 2.75) is 42.8 Å². The van der Waals surface area contributed by atoms with Crippen LogP contribution in [0.5, 0.6) is 11.5 Å². The lowest BCUT2D eigenvalue weighted by Gasteiger charge is -2.49. The van der Waals surface area contributed by atoms with E-state index in [0.29, 0.717) is 27.6 Å². The molecule has 2 aromatic heterocycles. The molecule has 1 unspecified atom stereocenters. The number of nitrogen functional groups attached to an aromatic ring is 1. The van der Waals surface area contributed by atoms with E-state index in [1.54, 1.807) is 26.1 Å². The van der Waals surface area contributed by atoms with Crippen molar-refractivity contribution >= 4 is 69.6 Å². The number of oxime groups is 1. The molecule has 21 heteroatoms. The van der Waals surface area contributed by atoms with E-state index in [1.165, 1.54) is 46.5 Å². The monoisotopic (exact) mass is 732 g/mol. The highest BCUT2D eigenvalue weighted by Gasteiger charge is 2.54.